The molecular formula is C27H28F2N2O3. The molecule has 0 saturated carbocycles. The average Bonchev–Trinajstić information content (AvgIpc) is 2.84. The number of aromatic nitrogens is 1. The van der Waals surface area contributed by atoms with E-state index in [1.165, 1.54) is 12.1 Å². The van der Waals surface area contributed by atoms with Crippen LogP contribution in [0.4, 0.5) is 8.78 Å². The molecular weight excluding hydrogens is 438 g/mol. The molecule has 1 atom stereocenters. The Hall–Kier alpha value is -3.16. The summed E-state index contributed by atoms with van der Waals surface area (Å²) in [5, 5.41) is 0. The van der Waals surface area contributed by atoms with Crippen molar-refractivity contribution < 1.29 is 23.0 Å². The molecule has 34 heavy (non-hydrogen) atoms. The number of hydrogen-bond donors (Lipinski definition) is 0. The third kappa shape index (κ3) is 6.24. The lowest BCUT2D eigenvalue weighted by molar-refractivity contribution is -0.0284. The summed E-state index contributed by atoms with van der Waals surface area (Å²) < 4.78 is 39.3. The van der Waals surface area contributed by atoms with E-state index in [0.29, 0.717) is 24.3 Å². The summed E-state index contributed by atoms with van der Waals surface area (Å²) in [4.78, 5) is 18.6. The lowest BCUT2D eigenvalue weighted by Crippen LogP contribution is -2.37. The number of esters is 1. The van der Waals surface area contributed by atoms with E-state index in [2.05, 4.69) is 9.88 Å². The Labute approximate surface area is 198 Å². The molecule has 7 heteroatoms. The Bertz CT molecular complexity index is 1080. The van der Waals surface area contributed by atoms with Crippen LogP contribution in [-0.4, -0.2) is 41.7 Å². The second-order valence-corrected chi connectivity index (χ2v) is 8.36. The van der Waals surface area contributed by atoms with E-state index >= 15 is 0 Å². The highest BCUT2D eigenvalue weighted by Crippen LogP contribution is 2.31. The molecule has 178 valence electrons. The minimum atomic E-state index is -0.619. The van der Waals surface area contributed by atoms with Gasteiger partial charge in [-0.1, -0.05) is 30.3 Å². The maximum atomic E-state index is 13.9. The fourth-order valence-corrected chi connectivity index (χ4v) is 4.24. The predicted octanol–water partition coefficient (Wildman–Crippen LogP) is 5.31. The number of benzene rings is 2. The van der Waals surface area contributed by atoms with Crippen molar-refractivity contribution in [2.24, 2.45) is 0 Å². The third-order valence-electron chi connectivity index (χ3n) is 5.87. The van der Waals surface area contributed by atoms with E-state index in [0.717, 1.165) is 43.3 Å². The summed E-state index contributed by atoms with van der Waals surface area (Å²) >= 11 is 0. The number of rotatable bonds is 8. The first-order valence-electron chi connectivity index (χ1n) is 11.5. The first-order valence-corrected chi connectivity index (χ1v) is 11.5. The van der Waals surface area contributed by atoms with Crippen LogP contribution < -0.4 is 0 Å². The maximum Gasteiger partial charge on any atom is 0.338 e. The Morgan fingerprint density at radius 1 is 1.03 bits per heavy atom. The highest BCUT2D eigenvalue weighted by molar-refractivity contribution is 5.89. The number of piperidine rings is 1. The molecule has 1 aliphatic heterocycles. The van der Waals surface area contributed by atoms with Gasteiger partial charge in [-0.3, -0.25) is 9.88 Å². The maximum absolute atomic E-state index is 13.9. The summed E-state index contributed by atoms with van der Waals surface area (Å²) in [7, 11) is 0. The van der Waals surface area contributed by atoms with Gasteiger partial charge in [-0.2, -0.15) is 0 Å². The topological polar surface area (TPSA) is 51.7 Å². The van der Waals surface area contributed by atoms with Crippen LogP contribution in [0, 0.1) is 11.6 Å². The van der Waals surface area contributed by atoms with Gasteiger partial charge < -0.3 is 9.47 Å². The van der Waals surface area contributed by atoms with Gasteiger partial charge in [-0.15, -0.1) is 0 Å². The predicted molar refractivity (Wildman–Crippen MR) is 124 cm³/mol. The second kappa shape index (κ2) is 11.3. The molecule has 1 fully saturated rings. The lowest BCUT2D eigenvalue weighted by Gasteiger charge is -2.34. The molecule has 1 saturated heterocycles. The smallest absolute Gasteiger partial charge is 0.338 e. The molecule has 0 bridgehead atoms. The quantitative estimate of drug-likeness (QED) is 0.422. The molecule has 1 unspecified atom stereocenters. The van der Waals surface area contributed by atoms with Gasteiger partial charge in [0, 0.05) is 31.9 Å². The van der Waals surface area contributed by atoms with E-state index in [1.807, 2.05) is 30.3 Å². The molecule has 4 rings (SSSR count). The van der Waals surface area contributed by atoms with E-state index in [1.54, 1.807) is 25.3 Å². The highest BCUT2D eigenvalue weighted by atomic mass is 19.1. The first-order chi connectivity index (χ1) is 16.5. The Morgan fingerprint density at radius 3 is 2.41 bits per heavy atom. The van der Waals surface area contributed by atoms with Crippen molar-refractivity contribution in [3.63, 3.8) is 0 Å². The number of halogens is 2. The SMILES string of the molecule is CCOC(=O)c1ccnc(CN2CCC(OC(c3ccccc3)c3cc(F)cc(F)c3)CC2)c1. The number of hydrogen-bond acceptors (Lipinski definition) is 5. The van der Waals surface area contributed by atoms with Crippen LogP contribution in [0.1, 0.15) is 53.0 Å². The Balaban J connectivity index is 1.40. The standard InChI is InChI=1S/C27H28F2N2O3/c1-2-33-27(32)20-8-11-30-24(16-20)18-31-12-9-25(10-13-31)34-26(19-6-4-3-5-7-19)21-14-22(28)17-23(29)15-21/h3-8,11,14-17,25-26H,2,9-10,12-13,18H2,1H3. The Morgan fingerprint density at radius 2 is 1.74 bits per heavy atom. The zero-order chi connectivity index (χ0) is 23.9. The fourth-order valence-electron chi connectivity index (χ4n) is 4.24. The van der Waals surface area contributed by atoms with Gasteiger partial charge in [-0.05, 0) is 55.2 Å². The van der Waals surface area contributed by atoms with E-state index in [9.17, 15) is 13.6 Å². The van der Waals surface area contributed by atoms with Gasteiger partial charge in [0.25, 0.3) is 0 Å². The van der Waals surface area contributed by atoms with Crippen molar-refractivity contribution >= 4 is 5.97 Å². The highest BCUT2D eigenvalue weighted by Gasteiger charge is 2.26. The third-order valence-corrected chi connectivity index (χ3v) is 5.87. The summed E-state index contributed by atoms with van der Waals surface area (Å²) in [5.41, 5.74) is 2.63. The van der Waals surface area contributed by atoms with Gasteiger partial charge in [0.05, 0.1) is 24.0 Å². The van der Waals surface area contributed by atoms with E-state index < -0.39 is 17.7 Å². The Kier molecular flexibility index (Phi) is 7.98. The second-order valence-electron chi connectivity index (χ2n) is 8.36. The van der Waals surface area contributed by atoms with Crippen molar-refractivity contribution in [1.82, 2.24) is 9.88 Å². The van der Waals surface area contributed by atoms with Crippen molar-refractivity contribution in [1.29, 1.82) is 0 Å². The van der Waals surface area contributed by atoms with Crippen LogP contribution in [0.5, 0.6) is 0 Å². The number of carbonyl (C=O) groups is 1. The fraction of sp³-hybridized carbons (Fsp3) is 0.333. The molecule has 1 aromatic heterocycles. The largest absolute Gasteiger partial charge is 0.462 e. The van der Waals surface area contributed by atoms with E-state index in [-0.39, 0.29) is 12.1 Å². The van der Waals surface area contributed by atoms with Crippen LogP contribution in [0.3, 0.4) is 0 Å². The molecule has 0 amide bonds. The zero-order valence-corrected chi connectivity index (χ0v) is 19.1. The van der Waals surface area contributed by atoms with Gasteiger partial charge in [0.15, 0.2) is 0 Å². The van der Waals surface area contributed by atoms with Gasteiger partial charge in [0.1, 0.15) is 17.7 Å². The minimum Gasteiger partial charge on any atom is -0.462 e. The number of nitrogens with zero attached hydrogens (tertiary/aromatic N) is 2. The normalized spacial score (nSPS) is 15.7. The van der Waals surface area contributed by atoms with Crippen molar-refractivity contribution in [2.45, 2.75) is 38.5 Å². The molecule has 0 N–H and O–H groups in total. The monoisotopic (exact) mass is 466 g/mol. The van der Waals surface area contributed by atoms with Gasteiger partial charge in [-0.25, -0.2) is 13.6 Å². The number of pyridine rings is 1. The zero-order valence-electron chi connectivity index (χ0n) is 19.1. The molecule has 3 aromatic rings. The molecule has 2 heterocycles. The summed E-state index contributed by atoms with van der Waals surface area (Å²) in [6.07, 6.45) is 2.58. The first kappa shape index (κ1) is 24.0. The summed E-state index contributed by atoms with van der Waals surface area (Å²) in [6.45, 7) is 4.30. The van der Waals surface area contributed by atoms with Crippen molar-refractivity contribution in [2.75, 3.05) is 19.7 Å². The molecule has 5 nitrogen and oxygen atoms in total. The molecule has 0 spiro atoms. The number of ether oxygens (including phenoxy) is 2. The number of likely N-dealkylation sites (tertiary alicyclic amines) is 1. The summed E-state index contributed by atoms with van der Waals surface area (Å²) in [5.74, 6) is -1.59. The molecule has 0 aliphatic carbocycles. The molecule has 2 aromatic carbocycles. The van der Waals surface area contributed by atoms with Crippen molar-refractivity contribution in [3.05, 3.63) is 101 Å². The molecule has 0 radical (unpaired) electrons. The van der Waals surface area contributed by atoms with E-state index in [4.69, 9.17) is 9.47 Å². The van der Waals surface area contributed by atoms with Crippen LogP contribution >= 0.6 is 0 Å². The van der Waals surface area contributed by atoms with Gasteiger partial charge in [0.2, 0.25) is 0 Å². The summed E-state index contributed by atoms with van der Waals surface area (Å²) in [6, 6.07) is 16.4. The molecule has 1 aliphatic rings. The van der Waals surface area contributed by atoms with Crippen molar-refractivity contribution in [3.8, 4) is 0 Å². The minimum absolute atomic E-state index is 0.0494. The lowest BCUT2D eigenvalue weighted by atomic mass is 9.99. The number of carbonyl (C=O) groups excluding carboxylic acids is 1. The van der Waals surface area contributed by atoms with Crippen LogP contribution in [0.25, 0.3) is 0 Å². The van der Waals surface area contributed by atoms with Gasteiger partial charge >= 0.3 is 5.97 Å². The van der Waals surface area contributed by atoms with Crippen LogP contribution in [0.15, 0.2) is 66.9 Å². The van der Waals surface area contributed by atoms with Crippen LogP contribution in [0.2, 0.25) is 0 Å². The average molecular weight is 467 g/mol. The van der Waals surface area contributed by atoms with Crippen LogP contribution in [-0.2, 0) is 16.0 Å².